The van der Waals surface area contributed by atoms with Crippen LogP contribution in [-0.4, -0.2) is 30.8 Å². The maximum absolute atomic E-state index is 12.3. The third-order valence-corrected chi connectivity index (χ3v) is 4.44. The number of aromatic nitrogens is 4. The molecule has 2 aromatic heterocycles. The van der Waals surface area contributed by atoms with Crippen molar-refractivity contribution >= 4 is 22.6 Å². The number of hydrogen-bond acceptors (Lipinski definition) is 4. The number of rotatable bonds is 5. The Kier molecular flexibility index (Phi) is 4.59. The van der Waals surface area contributed by atoms with Crippen molar-refractivity contribution in [2.75, 3.05) is 5.32 Å². The fraction of sp³-hybridized carbons (Fsp3) is 0.389. The number of hydrogen-bond donors (Lipinski definition) is 3. The molecule has 7 heteroatoms. The largest absolute Gasteiger partial charge is 0.385 e. The average molecular weight is 341 g/mol. The smallest absolute Gasteiger partial charge is 0.224 e. The van der Waals surface area contributed by atoms with Crippen molar-refractivity contribution in [2.45, 2.75) is 39.7 Å². The molecule has 0 bridgehead atoms. The van der Waals surface area contributed by atoms with Crippen molar-refractivity contribution in [3.8, 4) is 0 Å². The third-order valence-electron chi connectivity index (χ3n) is 4.44. The number of amides is 1. The fourth-order valence-electron chi connectivity index (χ4n) is 2.95. The Morgan fingerprint density at radius 1 is 1.40 bits per heavy atom. The highest BCUT2D eigenvalue weighted by atomic mass is 16.3. The average Bonchev–Trinajstić information content (AvgIpc) is 3.07. The van der Waals surface area contributed by atoms with Gasteiger partial charge in [-0.3, -0.25) is 9.48 Å². The van der Waals surface area contributed by atoms with Gasteiger partial charge in [0.05, 0.1) is 16.7 Å². The molecule has 0 aliphatic rings. The van der Waals surface area contributed by atoms with Gasteiger partial charge in [-0.2, -0.15) is 5.10 Å². The first kappa shape index (κ1) is 17.2. The van der Waals surface area contributed by atoms with E-state index >= 15 is 0 Å². The van der Waals surface area contributed by atoms with Crippen LogP contribution in [0.2, 0.25) is 0 Å². The molecule has 3 N–H and O–H groups in total. The van der Waals surface area contributed by atoms with Crippen LogP contribution < -0.4 is 5.32 Å². The second kappa shape index (κ2) is 6.68. The van der Waals surface area contributed by atoms with E-state index in [4.69, 9.17) is 0 Å². The molecule has 1 atom stereocenters. The molecule has 1 unspecified atom stereocenters. The predicted octanol–water partition coefficient (Wildman–Crippen LogP) is 2.54. The quantitative estimate of drug-likeness (QED) is 0.664. The number of nitrogens with zero attached hydrogens (tertiary/aromatic N) is 3. The summed E-state index contributed by atoms with van der Waals surface area (Å²) in [6.45, 7) is 5.63. The van der Waals surface area contributed by atoms with E-state index in [1.165, 1.54) is 0 Å². The summed E-state index contributed by atoms with van der Waals surface area (Å²) in [6.07, 6.45) is 0.403. The first-order valence-corrected chi connectivity index (χ1v) is 8.32. The Morgan fingerprint density at radius 3 is 2.80 bits per heavy atom. The van der Waals surface area contributed by atoms with Crippen LogP contribution in [0.5, 0.6) is 0 Å². The van der Waals surface area contributed by atoms with E-state index in [9.17, 15) is 9.90 Å². The van der Waals surface area contributed by atoms with Gasteiger partial charge in [-0.25, -0.2) is 4.98 Å². The molecule has 25 heavy (non-hydrogen) atoms. The number of H-pyrrole nitrogens is 1. The zero-order chi connectivity index (χ0) is 18.1. The van der Waals surface area contributed by atoms with Crippen LogP contribution in [-0.2, 0) is 18.3 Å². The van der Waals surface area contributed by atoms with Crippen molar-refractivity contribution in [2.24, 2.45) is 7.05 Å². The van der Waals surface area contributed by atoms with Crippen LogP contribution in [0.3, 0.4) is 0 Å². The van der Waals surface area contributed by atoms with E-state index in [0.717, 1.165) is 28.0 Å². The standard InChI is InChI=1S/C18H23N5O2/c1-10-14(11(2)23(4)22-10)6-8-17(25)19-13-5-7-15-16(9-13)21-18(20-15)12(3)24/h5,7,9,12,24H,6,8H2,1-4H3,(H,19,25)(H,20,21). The number of aliphatic hydroxyl groups is 1. The summed E-state index contributed by atoms with van der Waals surface area (Å²) in [5.74, 6) is 0.471. The Morgan fingerprint density at radius 2 is 2.16 bits per heavy atom. The summed E-state index contributed by atoms with van der Waals surface area (Å²) < 4.78 is 1.84. The summed E-state index contributed by atoms with van der Waals surface area (Å²) >= 11 is 0. The lowest BCUT2D eigenvalue weighted by Crippen LogP contribution is -2.12. The summed E-state index contributed by atoms with van der Waals surface area (Å²) in [4.78, 5) is 19.6. The Hall–Kier alpha value is -2.67. The number of carbonyl (C=O) groups is 1. The number of carbonyl (C=O) groups excluding carboxylic acids is 1. The van der Waals surface area contributed by atoms with Crippen LogP contribution >= 0.6 is 0 Å². The van der Waals surface area contributed by atoms with E-state index in [1.807, 2.05) is 43.8 Å². The Bertz CT molecular complexity index is 923. The molecule has 0 saturated heterocycles. The monoisotopic (exact) mass is 341 g/mol. The van der Waals surface area contributed by atoms with Gasteiger partial charge in [0, 0.05) is 24.8 Å². The van der Waals surface area contributed by atoms with E-state index < -0.39 is 6.10 Å². The number of aryl methyl sites for hydroxylation is 2. The van der Waals surface area contributed by atoms with Gasteiger partial charge >= 0.3 is 0 Å². The lowest BCUT2D eigenvalue weighted by Gasteiger charge is -2.06. The van der Waals surface area contributed by atoms with Gasteiger partial charge < -0.3 is 15.4 Å². The molecule has 132 valence electrons. The molecule has 2 heterocycles. The number of aliphatic hydroxyl groups excluding tert-OH is 1. The van der Waals surface area contributed by atoms with Crippen LogP contribution in [0.1, 0.15) is 42.2 Å². The number of nitrogens with one attached hydrogen (secondary N) is 2. The van der Waals surface area contributed by atoms with Crippen LogP contribution in [0.4, 0.5) is 5.69 Å². The molecule has 0 aliphatic heterocycles. The van der Waals surface area contributed by atoms with E-state index in [1.54, 1.807) is 6.92 Å². The minimum absolute atomic E-state index is 0.0442. The molecular formula is C18H23N5O2. The van der Waals surface area contributed by atoms with Crippen LogP contribution in [0.15, 0.2) is 18.2 Å². The molecule has 0 spiro atoms. The minimum atomic E-state index is -0.656. The number of benzene rings is 1. The van der Waals surface area contributed by atoms with Crippen molar-refractivity contribution in [3.63, 3.8) is 0 Å². The second-order valence-corrected chi connectivity index (χ2v) is 6.35. The first-order chi connectivity index (χ1) is 11.8. The maximum atomic E-state index is 12.3. The SMILES string of the molecule is Cc1nn(C)c(C)c1CCC(=O)Nc1ccc2nc(C(C)O)[nH]c2c1. The summed E-state index contributed by atoms with van der Waals surface area (Å²) in [5, 5.41) is 16.9. The molecule has 0 fully saturated rings. The normalized spacial score (nSPS) is 12.5. The van der Waals surface area contributed by atoms with Crippen LogP contribution in [0.25, 0.3) is 11.0 Å². The van der Waals surface area contributed by atoms with E-state index in [2.05, 4.69) is 20.4 Å². The highest BCUT2D eigenvalue weighted by Gasteiger charge is 2.12. The number of aromatic amines is 1. The summed E-state index contributed by atoms with van der Waals surface area (Å²) in [6, 6.07) is 5.46. The molecule has 3 rings (SSSR count). The zero-order valence-corrected chi connectivity index (χ0v) is 14.9. The summed E-state index contributed by atoms with van der Waals surface area (Å²) in [7, 11) is 1.91. The molecule has 7 nitrogen and oxygen atoms in total. The van der Waals surface area contributed by atoms with Crippen molar-refractivity contribution in [1.82, 2.24) is 19.7 Å². The molecule has 1 amide bonds. The van der Waals surface area contributed by atoms with Gasteiger partial charge in [0.2, 0.25) is 5.91 Å². The van der Waals surface area contributed by atoms with Gasteiger partial charge in [0.15, 0.2) is 0 Å². The first-order valence-electron chi connectivity index (χ1n) is 8.32. The fourth-order valence-corrected chi connectivity index (χ4v) is 2.95. The lowest BCUT2D eigenvalue weighted by atomic mass is 10.1. The molecule has 3 aromatic rings. The topological polar surface area (TPSA) is 95.8 Å². The Labute approximate surface area is 146 Å². The highest BCUT2D eigenvalue weighted by Crippen LogP contribution is 2.20. The second-order valence-electron chi connectivity index (χ2n) is 6.35. The molecule has 0 saturated carbocycles. The highest BCUT2D eigenvalue weighted by molar-refractivity contribution is 5.93. The van der Waals surface area contributed by atoms with Crippen molar-refractivity contribution in [1.29, 1.82) is 0 Å². The molecule has 1 aromatic carbocycles. The van der Waals surface area contributed by atoms with Crippen LogP contribution in [0, 0.1) is 13.8 Å². The van der Waals surface area contributed by atoms with E-state index in [0.29, 0.717) is 24.4 Å². The van der Waals surface area contributed by atoms with Gasteiger partial charge in [-0.05, 0) is 51.0 Å². The molecule has 0 aliphatic carbocycles. The van der Waals surface area contributed by atoms with Gasteiger partial charge in [-0.1, -0.05) is 0 Å². The van der Waals surface area contributed by atoms with Gasteiger partial charge in [0.1, 0.15) is 11.9 Å². The molecule has 0 radical (unpaired) electrons. The predicted molar refractivity (Wildman–Crippen MR) is 96.4 cm³/mol. The minimum Gasteiger partial charge on any atom is -0.385 e. The van der Waals surface area contributed by atoms with Crippen molar-refractivity contribution in [3.05, 3.63) is 41.0 Å². The third kappa shape index (κ3) is 3.56. The molecular weight excluding hydrogens is 318 g/mol. The Balaban J connectivity index is 1.67. The zero-order valence-electron chi connectivity index (χ0n) is 14.9. The maximum Gasteiger partial charge on any atom is 0.224 e. The summed E-state index contributed by atoms with van der Waals surface area (Å²) in [5.41, 5.74) is 5.44. The van der Waals surface area contributed by atoms with E-state index in [-0.39, 0.29) is 5.91 Å². The van der Waals surface area contributed by atoms with Crippen molar-refractivity contribution < 1.29 is 9.90 Å². The number of fused-ring (bicyclic) bond motifs is 1. The van der Waals surface area contributed by atoms with Gasteiger partial charge in [-0.15, -0.1) is 0 Å². The lowest BCUT2D eigenvalue weighted by molar-refractivity contribution is -0.116. The number of imidazole rings is 1. The van der Waals surface area contributed by atoms with Gasteiger partial charge in [0.25, 0.3) is 0 Å². The number of anilines is 1.